The minimum absolute atomic E-state index is 0.129. The number of carbonyl (C=O) groups is 1. The van der Waals surface area contributed by atoms with Gasteiger partial charge in [-0.15, -0.1) is 0 Å². The second-order valence-electron chi connectivity index (χ2n) is 6.08. The Labute approximate surface area is 164 Å². The van der Waals surface area contributed by atoms with E-state index in [1.807, 2.05) is 79.7 Å². The Hall–Kier alpha value is -3.47. The fourth-order valence-electron chi connectivity index (χ4n) is 2.72. The van der Waals surface area contributed by atoms with Gasteiger partial charge in [-0.1, -0.05) is 24.3 Å². The van der Waals surface area contributed by atoms with E-state index in [1.54, 1.807) is 7.11 Å². The van der Waals surface area contributed by atoms with Crippen molar-refractivity contribution in [2.24, 2.45) is 0 Å². The number of benzene rings is 3. The number of hydrogen-bond acceptors (Lipinski definition) is 4. The molecule has 3 aromatic rings. The van der Waals surface area contributed by atoms with Crippen LogP contribution >= 0.6 is 0 Å². The van der Waals surface area contributed by atoms with Crippen molar-refractivity contribution < 1.29 is 19.0 Å². The zero-order chi connectivity index (χ0) is 19.8. The summed E-state index contributed by atoms with van der Waals surface area (Å²) in [4.78, 5) is 12.5. The first-order valence-electron chi connectivity index (χ1n) is 9.10. The van der Waals surface area contributed by atoms with Crippen LogP contribution in [-0.2, 0) is 11.2 Å². The highest BCUT2D eigenvalue weighted by molar-refractivity contribution is 5.93. The molecular weight excluding hydrogens is 354 g/mol. The lowest BCUT2D eigenvalue weighted by Gasteiger charge is -2.13. The predicted molar refractivity (Wildman–Crippen MR) is 109 cm³/mol. The molecule has 5 nitrogen and oxygen atoms in total. The van der Waals surface area contributed by atoms with E-state index < -0.39 is 0 Å². The van der Waals surface area contributed by atoms with Crippen molar-refractivity contribution in [3.05, 3.63) is 78.4 Å². The number of ether oxygens (including phenoxy) is 3. The quantitative estimate of drug-likeness (QED) is 0.596. The Morgan fingerprint density at radius 2 is 1.64 bits per heavy atom. The number of anilines is 1. The summed E-state index contributed by atoms with van der Waals surface area (Å²) in [6.45, 7) is 2.55. The SMILES string of the molecule is CCOc1ccc(Oc2ccccc2NC(=O)Cc2cccc(OC)c2)cc1. The third kappa shape index (κ3) is 5.27. The number of methoxy groups -OCH3 is 1. The van der Waals surface area contributed by atoms with Crippen LogP contribution in [0.5, 0.6) is 23.0 Å². The molecule has 0 radical (unpaired) electrons. The lowest BCUT2D eigenvalue weighted by molar-refractivity contribution is -0.115. The van der Waals surface area contributed by atoms with Gasteiger partial charge < -0.3 is 19.5 Å². The largest absolute Gasteiger partial charge is 0.497 e. The summed E-state index contributed by atoms with van der Waals surface area (Å²) in [7, 11) is 1.60. The molecule has 0 aliphatic heterocycles. The second-order valence-corrected chi connectivity index (χ2v) is 6.08. The van der Waals surface area contributed by atoms with Crippen LogP contribution in [0.25, 0.3) is 0 Å². The van der Waals surface area contributed by atoms with Gasteiger partial charge in [0.05, 0.1) is 25.8 Å². The zero-order valence-corrected chi connectivity index (χ0v) is 16.0. The minimum atomic E-state index is -0.129. The van der Waals surface area contributed by atoms with Gasteiger partial charge in [-0.3, -0.25) is 4.79 Å². The van der Waals surface area contributed by atoms with Crippen molar-refractivity contribution in [2.45, 2.75) is 13.3 Å². The highest BCUT2D eigenvalue weighted by atomic mass is 16.5. The van der Waals surface area contributed by atoms with Gasteiger partial charge in [-0.2, -0.15) is 0 Å². The summed E-state index contributed by atoms with van der Waals surface area (Å²) in [5.74, 6) is 2.62. The predicted octanol–water partition coefficient (Wildman–Crippen LogP) is 5.07. The second kappa shape index (κ2) is 9.46. The molecule has 0 saturated carbocycles. The fraction of sp³-hybridized carbons (Fsp3) is 0.174. The first-order chi connectivity index (χ1) is 13.7. The van der Waals surface area contributed by atoms with Crippen LogP contribution in [0.4, 0.5) is 5.69 Å². The van der Waals surface area contributed by atoms with Gasteiger partial charge in [0, 0.05) is 0 Å². The van der Waals surface area contributed by atoms with Crippen molar-refractivity contribution in [3.8, 4) is 23.0 Å². The van der Waals surface area contributed by atoms with E-state index in [2.05, 4.69) is 5.32 Å². The molecule has 1 N–H and O–H groups in total. The normalized spacial score (nSPS) is 10.2. The minimum Gasteiger partial charge on any atom is -0.497 e. The van der Waals surface area contributed by atoms with Crippen LogP contribution in [0.2, 0.25) is 0 Å². The third-order valence-electron chi connectivity index (χ3n) is 4.02. The molecule has 0 aromatic heterocycles. The molecule has 1 amide bonds. The molecule has 0 aliphatic carbocycles. The standard InChI is InChI=1S/C23H23NO4/c1-3-27-18-11-13-19(14-12-18)28-22-10-5-4-9-21(22)24-23(25)16-17-7-6-8-20(15-17)26-2/h4-15H,3,16H2,1-2H3,(H,24,25). The van der Waals surface area contributed by atoms with E-state index in [0.717, 1.165) is 17.1 Å². The highest BCUT2D eigenvalue weighted by Crippen LogP contribution is 2.30. The zero-order valence-electron chi connectivity index (χ0n) is 16.0. The van der Waals surface area contributed by atoms with Gasteiger partial charge in [0.1, 0.15) is 17.2 Å². The van der Waals surface area contributed by atoms with E-state index in [0.29, 0.717) is 23.8 Å². The molecule has 0 heterocycles. The maximum atomic E-state index is 12.5. The highest BCUT2D eigenvalue weighted by Gasteiger charge is 2.10. The number of carbonyl (C=O) groups excluding carboxylic acids is 1. The van der Waals surface area contributed by atoms with Crippen molar-refractivity contribution in [1.29, 1.82) is 0 Å². The average molecular weight is 377 g/mol. The molecule has 0 atom stereocenters. The lowest BCUT2D eigenvalue weighted by Crippen LogP contribution is -2.15. The summed E-state index contributed by atoms with van der Waals surface area (Å²) in [6.07, 6.45) is 0.245. The first-order valence-corrected chi connectivity index (χ1v) is 9.10. The Bertz CT molecular complexity index is 922. The average Bonchev–Trinajstić information content (AvgIpc) is 2.71. The van der Waals surface area contributed by atoms with Crippen molar-refractivity contribution in [1.82, 2.24) is 0 Å². The lowest BCUT2D eigenvalue weighted by atomic mass is 10.1. The Balaban J connectivity index is 1.68. The molecule has 3 rings (SSSR count). The smallest absolute Gasteiger partial charge is 0.228 e. The fourth-order valence-corrected chi connectivity index (χ4v) is 2.72. The van der Waals surface area contributed by atoms with Gasteiger partial charge in [0.2, 0.25) is 5.91 Å². The number of amides is 1. The number of hydrogen-bond donors (Lipinski definition) is 1. The molecule has 5 heteroatoms. The van der Waals surface area contributed by atoms with Gasteiger partial charge in [-0.25, -0.2) is 0 Å². The van der Waals surface area contributed by atoms with Crippen LogP contribution in [0.1, 0.15) is 12.5 Å². The van der Waals surface area contributed by atoms with E-state index in [1.165, 1.54) is 0 Å². The molecule has 0 unspecified atom stereocenters. The maximum Gasteiger partial charge on any atom is 0.228 e. The van der Waals surface area contributed by atoms with Crippen LogP contribution in [-0.4, -0.2) is 19.6 Å². The van der Waals surface area contributed by atoms with Crippen LogP contribution in [0.15, 0.2) is 72.8 Å². The molecule has 0 spiro atoms. The summed E-state index contributed by atoms with van der Waals surface area (Å²) >= 11 is 0. The Morgan fingerprint density at radius 3 is 2.39 bits per heavy atom. The van der Waals surface area contributed by atoms with Crippen LogP contribution < -0.4 is 19.5 Å². The number of rotatable bonds is 8. The Kier molecular flexibility index (Phi) is 6.52. The van der Waals surface area contributed by atoms with E-state index >= 15 is 0 Å². The van der Waals surface area contributed by atoms with Gasteiger partial charge >= 0.3 is 0 Å². The summed E-state index contributed by atoms with van der Waals surface area (Å²) in [5.41, 5.74) is 1.49. The summed E-state index contributed by atoms with van der Waals surface area (Å²) in [5, 5.41) is 2.92. The monoisotopic (exact) mass is 377 g/mol. The van der Waals surface area contributed by atoms with E-state index in [9.17, 15) is 4.79 Å². The number of para-hydroxylation sites is 2. The van der Waals surface area contributed by atoms with Crippen molar-refractivity contribution in [3.63, 3.8) is 0 Å². The van der Waals surface area contributed by atoms with Crippen LogP contribution in [0.3, 0.4) is 0 Å². The van der Waals surface area contributed by atoms with E-state index in [4.69, 9.17) is 14.2 Å². The Morgan fingerprint density at radius 1 is 0.893 bits per heavy atom. The van der Waals surface area contributed by atoms with Gasteiger partial charge in [0.15, 0.2) is 5.75 Å². The summed E-state index contributed by atoms with van der Waals surface area (Å²) < 4.78 is 16.6. The topological polar surface area (TPSA) is 56.8 Å². The first kappa shape index (κ1) is 19.3. The molecule has 144 valence electrons. The number of nitrogens with one attached hydrogen (secondary N) is 1. The van der Waals surface area contributed by atoms with E-state index in [-0.39, 0.29) is 12.3 Å². The van der Waals surface area contributed by atoms with Crippen molar-refractivity contribution in [2.75, 3.05) is 19.0 Å². The third-order valence-corrected chi connectivity index (χ3v) is 4.02. The molecule has 0 aliphatic rings. The summed E-state index contributed by atoms with van der Waals surface area (Å²) in [6, 6.07) is 22.2. The van der Waals surface area contributed by atoms with Gasteiger partial charge in [-0.05, 0) is 61.0 Å². The molecular formula is C23H23NO4. The van der Waals surface area contributed by atoms with Crippen LogP contribution in [0, 0.1) is 0 Å². The molecule has 0 bridgehead atoms. The molecule has 3 aromatic carbocycles. The molecule has 28 heavy (non-hydrogen) atoms. The molecule has 0 fully saturated rings. The molecule has 0 saturated heterocycles. The van der Waals surface area contributed by atoms with Gasteiger partial charge in [0.25, 0.3) is 0 Å². The maximum absolute atomic E-state index is 12.5. The van der Waals surface area contributed by atoms with Crippen molar-refractivity contribution >= 4 is 11.6 Å².